The normalized spacial score (nSPS) is 16.2. The molecule has 0 bridgehead atoms. The van der Waals surface area contributed by atoms with Crippen LogP contribution in [0, 0.1) is 13.8 Å². The molecule has 1 N–H and O–H groups in total. The van der Waals surface area contributed by atoms with Crippen LogP contribution in [0.1, 0.15) is 38.9 Å². The number of carbonyl (C=O) groups excluding carboxylic acids is 2. The summed E-state index contributed by atoms with van der Waals surface area (Å²) >= 11 is 2.95. The van der Waals surface area contributed by atoms with E-state index in [1.165, 1.54) is 11.3 Å². The van der Waals surface area contributed by atoms with Gasteiger partial charge in [-0.25, -0.2) is 9.97 Å². The van der Waals surface area contributed by atoms with Crippen LogP contribution in [0.3, 0.4) is 0 Å². The molecule has 3 aromatic rings. The van der Waals surface area contributed by atoms with E-state index < -0.39 is 6.04 Å². The number of rotatable bonds is 5. The second kappa shape index (κ2) is 8.42. The number of nitrogens with one attached hydrogen (secondary N) is 1. The van der Waals surface area contributed by atoms with Gasteiger partial charge in [0.15, 0.2) is 0 Å². The van der Waals surface area contributed by atoms with Crippen LogP contribution < -0.4 is 5.32 Å². The van der Waals surface area contributed by atoms with Gasteiger partial charge in [-0.15, -0.1) is 22.7 Å². The van der Waals surface area contributed by atoms with E-state index in [0.717, 1.165) is 33.4 Å². The Kier molecular flexibility index (Phi) is 5.73. The highest BCUT2D eigenvalue weighted by atomic mass is 32.1. The molecule has 3 heterocycles. The van der Waals surface area contributed by atoms with Gasteiger partial charge in [-0.3, -0.25) is 9.59 Å². The molecule has 0 spiro atoms. The molecule has 1 aliphatic heterocycles. The number of carbonyl (C=O) groups is 2. The fraction of sp³-hybridized carbons (Fsp3) is 0.333. The highest BCUT2D eigenvalue weighted by Gasteiger charge is 2.35. The number of hydrogen-bond acceptors (Lipinski definition) is 6. The number of amides is 2. The first-order chi connectivity index (χ1) is 14.0. The van der Waals surface area contributed by atoms with E-state index in [1.807, 2.05) is 49.6 Å². The number of aromatic nitrogens is 2. The summed E-state index contributed by atoms with van der Waals surface area (Å²) < 4.78 is 0. The average molecular weight is 427 g/mol. The minimum atomic E-state index is -0.434. The molecule has 0 saturated carbocycles. The molecule has 1 unspecified atom stereocenters. The predicted molar refractivity (Wildman–Crippen MR) is 115 cm³/mol. The van der Waals surface area contributed by atoms with Crippen molar-refractivity contribution >= 4 is 34.5 Å². The van der Waals surface area contributed by atoms with Crippen molar-refractivity contribution in [1.29, 1.82) is 0 Å². The summed E-state index contributed by atoms with van der Waals surface area (Å²) in [5.74, 6) is -0.213. The first kappa shape index (κ1) is 19.7. The van der Waals surface area contributed by atoms with Gasteiger partial charge in [-0.1, -0.05) is 30.3 Å². The molecule has 1 atom stereocenters. The molecular formula is C21H22N4O2S2. The van der Waals surface area contributed by atoms with Crippen LogP contribution in [-0.2, 0) is 11.3 Å². The maximum Gasteiger partial charge on any atom is 0.266 e. The lowest BCUT2D eigenvalue weighted by atomic mass is 10.2. The quantitative estimate of drug-likeness (QED) is 0.673. The summed E-state index contributed by atoms with van der Waals surface area (Å²) in [4.78, 5) is 37.0. The van der Waals surface area contributed by atoms with E-state index in [1.54, 1.807) is 16.2 Å². The molecule has 1 saturated heterocycles. The summed E-state index contributed by atoms with van der Waals surface area (Å²) in [6.07, 6.45) is 1.51. The molecule has 2 aromatic heterocycles. The Hall–Kier alpha value is -2.58. The molecular weight excluding hydrogens is 404 g/mol. The van der Waals surface area contributed by atoms with Gasteiger partial charge >= 0.3 is 0 Å². The minimum absolute atomic E-state index is 0.0919. The molecule has 29 heavy (non-hydrogen) atoms. The van der Waals surface area contributed by atoms with Gasteiger partial charge in [-0.2, -0.15) is 0 Å². The van der Waals surface area contributed by atoms with Crippen molar-refractivity contribution in [3.63, 3.8) is 0 Å². The van der Waals surface area contributed by atoms with Crippen LogP contribution in [0.2, 0.25) is 0 Å². The van der Waals surface area contributed by atoms with Crippen LogP contribution in [0.5, 0.6) is 0 Å². The van der Waals surface area contributed by atoms with Crippen molar-refractivity contribution in [3.8, 4) is 10.6 Å². The zero-order chi connectivity index (χ0) is 20.4. The zero-order valence-electron chi connectivity index (χ0n) is 16.3. The largest absolute Gasteiger partial charge is 0.349 e. The smallest absolute Gasteiger partial charge is 0.266 e. The summed E-state index contributed by atoms with van der Waals surface area (Å²) in [5.41, 5.74) is 2.63. The Morgan fingerprint density at radius 3 is 2.72 bits per heavy atom. The van der Waals surface area contributed by atoms with Crippen LogP contribution in [0.25, 0.3) is 10.6 Å². The molecule has 8 heteroatoms. The third-order valence-corrected chi connectivity index (χ3v) is 6.93. The Morgan fingerprint density at radius 2 is 2.00 bits per heavy atom. The standard InChI is InChI=1S/C21H22N4O2S2/c1-13-18(29-14(2)23-13)21(27)25-10-6-9-17(25)19(26)22-11-16-12-28-20(24-16)15-7-4-3-5-8-15/h3-5,7-8,12,17H,6,9-11H2,1-2H3,(H,22,26). The summed E-state index contributed by atoms with van der Waals surface area (Å²) in [7, 11) is 0. The molecule has 150 valence electrons. The number of benzene rings is 1. The maximum absolute atomic E-state index is 12.9. The van der Waals surface area contributed by atoms with Crippen molar-refractivity contribution in [1.82, 2.24) is 20.2 Å². The van der Waals surface area contributed by atoms with Crippen molar-refractivity contribution < 1.29 is 9.59 Å². The van der Waals surface area contributed by atoms with Gasteiger partial charge in [0.05, 0.1) is 22.9 Å². The average Bonchev–Trinajstić information content (AvgIpc) is 3.46. The molecule has 1 aromatic carbocycles. The monoisotopic (exact) mass is 426 g/mol. The topological polar surface area (TPSA) is 75.2 Å². The molecule has 0 aliphatic carbocycles. The van der Waals surface area contributed by atoms with E-state index in [2.05, 4.69) is 15.3 Å². The second-order valence-corrected chi connectivity index (χ2v) is 9.09. The van der Waals surface area contributed by atoms with Crippen molar-refractivity contribution in [2.75, 3.05) is 6.54 Å². The minimum Gasteiger partial charge on any atom is -0.349 e. The molecule has 6 nitrogen and oxygen atoms in total. The van der Waals surface area contributed by atoms with E-state index in [0.29, 0.717) is 24.4 Å². The first-order valence-corrected chi connectivity index (χ1v) is 11.2. The van der Waals surface area contributed by atoms with Gasteiger partial charge in [0.1, 0.15) is 15.9 Å². The second-order valence-electron chi connectivity index (χ2n) is 7.03. The zero-order valence-corrected chi connectivity index (χ0v) is 18.0. The van der Waals surface area contributed by atoms with Crippen molar-refractivity contribution in [2.24, 2.45) is 0 Å². The molecule has 0 radical (unpaired) electrons. The predicted octanol–water partition coefficient (Wildman–Crippen LogP) is 3.80. The maximum atomic E-state index is 12.9. The van der Waals surface area contributed by atoms with Crippen LogP contribution in [0.4, 0.5) is 0 Å². The van der Waals surface area contributed by atoms with E-state index in [-0.39, 0.29) is 11.8 Å². The number of likely N-dealkylation sites (tertiary alicyclic amines) is 1. The van der Waals surface area contributed by atoms with Gasteiger partial charge in [0.25, 0.3) is 5.91 Å². The number of hydrogen-bond donors (Lipinski definition) is 1. The molecule has 4 rings (SSSR count). The lowest BCUT2D eigenvalue weighted by molar-refractivity contribution is -0.125. The third-order valence-electron chi connectivity index (χ3n) is 4.93. The number of aryl methyl sites for hydroxylation is 2. The van der Waals surface area contributed by atoms with Crippen LogP contribution in [-0.4, -0.2) is 39.3 Å². The summed E-state index contributed by atoms with van der Waals surface area (Å²) in [5, 5.41) is 6.72. The number of nitrogens with zero attached hydrogens (tertiary/aromatic N) is 3. The van der Waals surface area contributed by atoms with Gasteiger partial charge in [0, 0.05) is 17.5 Å². The SMILES string of the molecule is Cc1nc(C)c(C(=O)N2CCCC2C(=O)NCc2csc(-c3ccccc3)n2)s1. The van der Waals surface area contributed by atoms with E-state index in [9.17, 15) is 9.59 Å². The lowest BCUT2D eigenvalue weighted by Gasteiger charge is -2.23. The highest BCUT2D eigenvalue weighted by molar-refractivity contribution is 7.13. The number of thiazole rings is 2. The summed E-state index contributed by atoms with van der Waals surface area (Å²) in [6.45, 7) is 4.69. The highest BCUT2D eigenvalue weighted by Crippen LogP contribution is 2.26. The van der Waals surface area contributed by atoms with Crippen molar-refractivity contribution in [2.45, 2.75) is 39.3 Å². The summed E-state index contributed by atoms with van der Waals surface area (Å²) in [6, 6.07) is 9.55. The Balaban J connectivity index is 1.40. The van der Waals surface area contributed by atoms with Crippen LogP contribution in [0.15, 0.2) is 35.7 Å². The Bertz CT molecular complexity index is 1030. The molecule has 2 amide bonds. The van der Waals surface area contributed by atoms with Gasteiger partial charge < -0.3 is 10.2 Å². The lowest BCUT2D eigenvalue weighted by Crippen LogP contribution is -2.45. The fourth-order valence-corrected chi connectivity index (χ4v) is 5.24. The van der Waals surface area contributed by atoms with E-state index in [4.69, 9.17) is 0 Å². The Morgan fingerprint density at radius 1 is 1.21 bits per heavy atom. The van der Waals surface area contributed by atoms with Crippen LogP contribution >= 0.6 is 22.7 Å². The Labute approximate surface area is 177 Å². The fourth-order valence-electron chi connectivity index (χ4n) is 3.54. The molecule has 1 aliphatic rings. The van der Waals surface area contributed by atoms with E-state index >= 15 is 0 Å². The van der Waals surface area contributed by atoms with Crippen molar-refractivity contribution in [3.05, 3.63) is 57.0 Å². The molecule has 1 fully saturated rings. The first-order valence-electron chi connectivity index (χ1n) is 9.55. The van der Waals surface area contributed by atoms with Gasteiger partial charge in [0.2, 0.25) is 5.91 Å². The van der Waals surface area contributed by atoms with Gasteiger partial charge in [-0.05, 0) is 26.7 Å². The third kappa shape index (κ3) is 4.23.